The lowest BCUT2D eigenvalue weighted by Crippen LogP contribution is -2.32. The first-order valence-corrected chi connectivity index (χ1v) is 7.90. The zero-order valence-electron chi connectivity index (χ0n) is 13.8. The van der Waals surface area contributed by atoms with Crippen molar-refractivity contribution in [3.05, 3.63) is 47.5 Å². The smallest absolute Gasteiger partial charge is 0.265 e. The highest BCUT2D eigenvalue weighted by Gasteiger charge is 2.19. The van der Waals surface area contributed by atoms with Gasteiger partial charge >= 0.3 is 0 Å². The predicted octanol–water partition coefficient (Wildman–Crippen LogP) is 4.15. The molecular weight excluding hydrogens is 330 g/mol. The number of rotatable bonds is 7. The largest absolute Gasteiger partial charge is 0.497 e. The Balaban J connectivity index is 2.06. The maximum Gasteiger partial charge on any atom is 0.265 e. The molecule has 0 saturated heterocycles. The summed E-state index contributed by atoms with van der Waals surface area (Å²) >= 11 is 6.07. The number of amides is 1. The van der Waals surface area contributed by atoms with E-state index < -0.39 is 6.10 Å². The first kappa shape index (κ1) is 17.9. The second-order valence-electron chi connectivity index (χ2n) is 5.03. The number of hydrogen-bond acceptors (Lipinski definition) is 4. The quantitative estimate of drug-likeness (QED) is 0.815. The number of nitrogens with one attached hydrogen (secondary N) is 1. The summed E-state index contributed by atoms with van der Waals surface area (Å²) in [5, 5.41) is 3.23. The van der Waals surface area contributed by atoms with E-state index in [0.717, 1.165) is 0 Å². The van der Waals surface area contributed by atoms with E-state index in [1.165, 1.54) is 7.11 Å². The molecule has 2 aromatic carbocycles. The van der Waals surface area contributed by atoms with Crippen LogP contribution in [0.2, 0.25) is 5.02 Å². The van der Waals surface area contributed by atoms with Crippen LogP contribution >= 0.6 is 11.6 Å². The monoisotopic (exact) mass is 349 g/mol. The summed E-state index contributed by atoms with van der Waals surface area (Å²) in [7, 11) is 3.12. The Morgan fingerprint density at radius 2 is 1.88 bits per heavy atom. The Bertz CT molecular complexity index is 705. The number of anilines is 1. The molecule has 5 nitrogen and oxygen atoms in total. The average Bonchev–Trinajstić information content (AvgIpc) is 2.60. The fourth-order valence-corrected chi connectivity index (χ4v) is 2.39. The molecule has 1 N–H and O–H groups in total. The molecule has 0 fully saturated rings. The molecule has 0 saturated carbocycles. The van der Waals surface area contributed by atoms with E-state index in [4.69, 9.17) is 25.8 Å². The summed E-state index contributed by atoms with van der Waals surface area (Å²) in [6.07, 6.45) is -0.106. The van der Waals surface area contributed by atoms with E-state index >= 15 is 0 Å². The molecule has 0 aromatic heterocycles. The van der Waals surface area contributed by atoms with E-state index in [-0.39, 0.29) is 5.91 Å². The lowest BCUT2D eigenvalue weighted by Gasteiger charge is -2.18. The van der Waals surface area contributed by atoms with Crippen LogP contribution in [0.3, 0.4) is 0 Å². The molecule has 0 aliphatic heterocycles. The number of carbonyl (C=O) groups is 1. The van der Waals surface area contributed by atoms with Crippen molar-refractivity contribution in [2.24, 2.45) is 0 Å². The van der Waals surface area contributed by atoms with Gasteiger partial charge in [0.2, 0.25) is 0 Å². The van der Waals surface area contributed by atoms with Crippen LogP contribution in [0.1, 0.15) is 13.3 Å². The van der Waals surface area contributed by atoms with Crippen LogP contribution in [-0.4, -0.2) is 26.2 Å². The molecule has 0 unspecified atom stereocenters. The van der Waals surface area contributed by atoms with Gasteiger partial charge in [-0.2, -0.15) is 0 Å². The van der Waals surface area contributed by atoms with Crippen molar-refractivity contribution in [3.63, 3.8) is 0 Å². The Morgan fingerprint density at radius 3 is 2.50 bits per heavy atom. The third-order valence-corrected chi connectivity index (χ3v) is 3.70. The van der Waals surface area contributed by atoms with Crippen molar-refractivity contribution in [3.8, 4) is 17.2 Å². The van der Waals surface area contributed by atoms with Gasteiger partial charge in [-0.15, -0.1) is 0 Å². The topological polar surface area (TPSA) is 56.8 Å². The van der Waals surface area contributed by atoms with Gasteiger partial charge < -0.3 is 19.5 Å². The Morgan fingerprint density at radius 1 is 1.12 bits per heavy atom. The average molecular weight is 350 g/mol. The van der Waals surface area contributed by atoms with Crippen LogP contribution in [-0.2, 0) is 4.79 Å². The lowest BCUT2D eigenvalue weighted by atomic mass is 10.2. The van der Waals surface area contributed by atoms with Crippen LogP contribution in [0, 0.1) is 0 Å². The maximum absolute atomic E-state index is 12.4. The zero-order chi connectivity index (χ0) is 17.5. The second-order valence-corrected chi connectivity index (χ2v) is 5.44. The van der Waals surface area contributed by atoms with E-state index in [9.17, 15) is 4.79 Å². The third kappa shape index (κ3) is 4.55. The Hall–Kier alpha value is -2.40. The van der Waals surface area contributed by atoms with Gasteiger partial charge in [-0.25, -0.2) is 0 Å². The van der Waals surface area contributed by atoms with Crippen molar-refractivity contribution in [1.82, 2.24) is 0 Å². The Kier molecular flexibility index (Phi) is 6.32. The minimum atomic E-state index is -0.627. The van der Waals surface area contributed by atoms with Gasteiger partial charge in [0, 0.05) is 11.8 Å². The van der Waals surface area contributed by atoms with Gasteiger partial charge in [0.05, 0.1) is 19.2 Å². The van der Waals surface area contributed by atoms with Crippen LogP contribution < -0.4 is 19.5 Å². The van der Waals surface area contributed by atoms with Gasteiger partial charge in [-0.1, -0.05) is 24.6 Å². The maximum atomic E-state index is 12.4. The van der Waals surface area contributed by atoms with Crippen LogP contribution in [0.15, 0.2) is 42.5 Å². The summed E-state index contributed by atoms with van der Waals surface area (Å²) < 4.78 is 16.0. The molecule has 6 heteroatoms. The first-order chi connectivity index (χ1) is 11.6. The molecule has 0 spiro atoms. The summed E-state index contributed by atoms with van der Waals surface area (Å²) in [6, 6.07) is 12.2. The molecule has 1 amide bonds. The molecule has 24 heavy (non-hydrogen) atoms. The SMILES string of the molecule is CC[C@H](Oc1cccc(OC)c1)C(=O)Nc1ccc(OC)c(Cl)c1. The van der Waals surface area contributed by atoms with Crippen LogP contribution in [0.25, 0.3) is 0 Å². The van der Waals surface area contributed by atoms with Gasteiger partial charge in [0.25, 0.3) is 5.91 Å². The fraction of sp³-hybridized carbons (Fsp3) is 0.278. The number of carbonyl (C=O) groups excluding carboxylic acids is 1. The van der Waals surface area contributed by atoms with Gasteiger partial charge in [0.15, 0.2) is 6.10 Å². The summed E-state index contributed by atoms with van der Waals surface area (Å²) in [6.45, 7) is 1.88. The zero-order valence-corrected chi connectivity index (χ0v) is 14.6. The molecular formula is C18H20ClNO4. The highest BCUT2D eigenvalue weighted by molar-refractivity contribution is 6.32. The summed E-state index contributed by atoms with van der Waals surface area (Å²) in [5.74, 6) is 1.55. The number of ether oxygens (including phenoxy) is 3. The Labute approximate surface area is 146 Å². The van der Waals surface area contributed by atoms with E-state index in [1.807, 2.05) is 19.1 Å². The van der Waals surface area contributed by atoms with Crippen LogP contribution in [0.4, 0.5) is 5.69 Å². The van der Waals surface area contributed by atoms with E-state index in [0.29, 0.717) is 34.4 Å². The van der Waals surface area contributed by atoms with Crippen molar-refractivity contribution in [2.75, 3.05) is 19.5 Å². The molecule has 1 atom stereocenters. The first-order valence-electron chi connectivity index (χ1n) is 7.52. The van der Waals surface area contributed by atoms with Crippen LogP contribution in [0.5, 0.6) is 17.2 Å². The van der Waals surface area contributed by atoms with E-state index in [1.54, 1.807) is 37.4 Å². The number of methoxy groups -OCH3 is 2. The highest BCUT2D eigenvalue weighted by atomic mass is 35.5. The number of halogens is 1. The fourth-order valence-electron chi connectivity index (χ4n) is 2.13. The molecule has 0 radical (unpaired) electrons. The van der Waals surface area contributed by atoms with Gasteiger partial charge in [-0.3, -0.25) is 4.79 Å². The lowest BCUT2D eigenvalue weighted by molar-refractivity contribution is -0.122. The highest BCUT2D eigenvalue weighted by Crippen LogP contribution is 2.27. The molecule has 2 aromatic rings. The van der Waals surface area contributed by atoms with Gasteiger partial charge in [-0.05, 0) is 36.8 Å². The second kappa shape index (κ2) is 8.45. The molecule has 0 aliphatic carbocycles. The molecule has 0 bridgehead atoms. The number of hydrogen-bond donors (Lipinski definition) is 1. The molecule has 128 valence electrons. The molecule has 0 heterocycles. The van der Waals surface area contributed by atoms with Crippen molar-refractivity contribution in [2.45, 2.75) is 19.4 Å². The molecule has 2 rings (SSSR count). The minimum Gasteiger partial charge on any atom is -0.497 e. The number of benzene rings is 2. The van der Waals surface area contributed by atoms with Crippen molar-refractivity contribution in [1.29, 1.82) is 0 Å². The molecule has 0 aliphatic rings. The van der Waals surface area contributed by atoms with E-state index in [2.05, 4.69) is 5.32 Å². The summed E-state index contributed by atoms with van der Waals surface area (Å²) in [5.41, 5.74) is 0.582. The normalized spacial score (nSPS) is 11.5. The summed E-state index contributed by atoms with van der Waals surface area (Å²) in [4.78, 5) is 12.4. The van der Waals surface area contributed by atoms with Gasteiger partial charge in [0.1, 0.15) is 17.2 Å². The van der Waals surface area contributed by atoms with Crippen molar-refractivity contribution >= 4 is 23.2 Å². The minimum absolute atomic E-state index is 0.249. The standard InChI is InChI=1S/C18H20ClNO4/c1-4-16(24-14-7-5-6-13(11-14)22-2)18(21)20-12-8-9-17(23-3)15(19)10-12/h5-11,16H,4H2,1-3H3,(H,20,21)/t16-/m0/s1. The predicted molar refractivity (Wildman–Crippen MR) is 94.3 cm³/mol. The third-order valence-electron chi connectivity index (χ3n) is 3.40. The van der Waals surface area contributed by atoms with Crippen molar-refractivity contribution < 1.29 is 19.0 Å².